The second kappa shape index (κ2) is 7.20. The van der Waals surface area contributed by atoms with Gasteiger partial charge in [0.05, 0.1) is 10.6 Å². The first-order valence-electron chi connectivity index (χ1n) is 7.02. The van der Waals surface area contributed by atoms with Gasteiger partial charge in [0.1, 0.15) is 0 Å². The van der Waals surface area contributed by atoms with Gasteiger partial charge >= 0.3 is 0 Å². The number of carbonyl (C=O) groups is 1. The van der Waals surface area contributed by atoms with Crippen LogP contribution in [0.25, 0.3) is 0 Å². The lowest BCUT2D eigenvalue weighted by atomic mass is 10.2. The zero-order chi connectivity index (χ0) is 14.4. The molecule has 2 rings (SSSR count). The van der Waals surface area contributed by atoms with E-state index in [0.29, 0.717) is 0 Å². The van der Waals surface area contributed by atoms with E-state index in [1.165, 1.54) is 16.9 Å². The van der Waals surface area contributed by atoms with Crippen LogP contribution < -0.4 is 4.90 Å². The lowest BCUT2D eigenvalue weighted by Gasteiger charge is -2.19. The summed E-state index contributed by atoms with van der Waals surface area (Å²) < 4.78 is 0. The van der Waals surface area contributed by atoms with Crippen molar-refractivity contribution in [3.05, 3.63) is 46.5 Å². The standard InChI is InChI=1S/C16H20N2OS/c1-3-8-14-15(12-19)20-16(17-14)18(4-2)11-13-9-6-5-7-10-13/h5-7,9-10,12H,3-4,8,11H2,1-2H3. The Bertz CT molecular complexity index is 551. The molecule has 0 saturated heterocycles. The predicted molar refractivity (Wildman–Crippen MR) is 84.7 cm³/mol. The van der Waals surface area contributed by atoms with E-state index in [0.717, 1.165) is 47.9 Å². The molecule has 0 radical (unpaired) electrons. The van der Waals surface area contributed by atoms with E-state index in [4.69, 9.17) is 0 Å². The van der Waals surface area contributed by atoms with Crippen LogP contribution in [0, 0.1) is 0 Å². The smallest absolute Gasteiger partial charge is 0.186 e. The van der Waals surface area contributed by atoms with E-state index in [1.807, 2.05) is 18.2 Å². The highest BCUT2D eigenvalue weighted by molar-refractivity contribution is 7.17. The summed E-state index contributed by atoms with van der Waals surface area (Å²) in [5.41, 5.74) is 2.20. The highest BCUT2D eigenvalue weighted by Gasteiger charge is 2.14. The lowest BCUT2D eigenvalue weighted by molar-refractivity contribution is 0.112. The van der Waals surface area contributed by atoms with Gasteiger partial charge in [-0.25, -0.2) is 4.98 Å². The van der Waals surface area contributed by atoms with Gasteiger partial charge in [-0.05, 0) is 18.9 Å². The van der Waals surface area contributed by atoms with Crippen molar-refractivity contribution in [1.29, 1.82) is 0 Å². The fourth-order valence-corrected chi connectivity index (χ4v) is 3.10. The molecule has 1 aromatic heterocycles. The van der Waals surface area contributed by atoms with Crippen molar-refractivity contribution in [2.24, 2.45) is 0 Å². The molecule has 0 aliphatic rings. The minimum atomic E-state index is 0.772. The van der Waals surface area contributed by atoms with Crippen LogP contribution >= 0.6 is 11.3 Å². The fourth-order valence-electron chi connectivity index (χ4n) is 2.11. The number of anilines is 1. The van der Waals surface area contributed by atoms with E-state index < -0.39 is 0 Å². The third-order valence-corrected chi connectivity index (χ3v) is 4.26. The number of aldehydes is 1. The van der Waals surface area contributed by atoms with Crippen LogP contribution in [0.3, 0.4) is 0 Å². The zero-order valence-corrected chi connectivity index (χ0v) is 12.8. The molecule has 0 N–H and O–H groups in total. The summed E-state index contributed by atoms with van der Waals surface area (Å²) in [6, 6.07) is 10.3. The molecule has 3 nitrogen and oxygen atoms in total. The quantitative estimate of drug-likeness (QED) is 0.724. The van der Waals surface area contributed by atoms with Crippen LogP contribution in [0.5, 0.6) is 0 Å². The van der Waals surface area contributed by atoms with Crippen LogP contribution in [0.2, 0.25) is 0 Å². The number of carbonyl (C=O) groups excluding carboxylic acids is 1. The number of thiazole rings is 1. The van der Waals surface area contributed by atoms with Crippen molar-refractivity contribution in [2.45, 2.75) is 33.2 Å². The molecule has 0 spiro atoms. The second-order valence-electron chi connectivity index (χ2n) is 4.68. The molecule has 4 heteroatoms. The molecule has 0 unspecified atom stereocenters. The Balaban J connectivity index is 2.21. The van der Waals surface area contributed by atoms with E-state index in [2.05, 4.69) is 35.9 Å². The minimum Gasteiger partial charge on any atom is -0.344 e. The van der Waals surface area contributed by atoms with E-state index >= 15 is 0 Å². The number of rotatable bonds is 7. The summed E-state index contributed by atoms with van der Waals surface area (Å²) in [7, 11) is 0. The highest BCUT2D eigenvalue weighted by atomic mass is 32.1. The van der Waals surface area contributed by atoms with Gasteiger partial charge in [0.15, 0.2) is 11.4 Å². The van der Waals surface area contributed by atoms with Crippen molar-refractivity contribution >= 4 is 22.8 Å². The van der Waals surface area contributed by atoms with Crippen LogP contribution in [-0.4, -0.2) is 17.8 Å². The monoisotopic (exact) mass is 288 g/mol. The van der Waals surface area contributed by atoms with Gasteiger partial charge in [-0.2, -0.15) is 0 Å². The first kappa shape index (κ1) is 14.7. The molecule has 1 heterocycles. The molecule has 20 heavy (non-hydrogen) atoms. The van der Waals surface area contributed by atoms with Gasteiger partial charge in [0.2, 0.25) is 0 Å². The molecule has 0 amide bonds. The second-order valence-corrected chi connectivity index (χ2v) is 5.68. The number of aromatic nitrogens is 1. The number of aryl methyl sites for hydroxylation is 1. The summed E-state index contributed by atoms with van der Waals surface area (Å²) in [5.74, 6) is 0. The molecule has 106 valence electrons. The summed E-state index contributed by atoms with van der Waals surface area (Å²) in [6.07, 6.45) is 2.81. The Morgan fingerprint density at radius 3 is 2.60 bits per heavy atom. The zero-order valence-electron chi connectivity index (χ0n) is 12.0. The van der Waals surface area contributed by atoms with Crippen molar-refractivity contribution in [3.63, 3.8) is 0 Å². The fraction of sp³-hybridized carbons (Fsp3) is 0.375. The topological polar surface area (TPSA) is 33.2 Å². The molecule has 1 aromatic carbocycles. The highest BCUT2D eigenvalue weighted by Crippen LogP contribution is 2.27. The first-order valence-corrected chi connectivity index (χ1v) is 7.83. The van der Waals surface area contributed by atoms with Gasteiger partial charge in [-0.1, -0.05) is 55.0 Å². The average molecular weight is 288 g/mol. The Morgan fingerprint density at radius 2 is 2.00 bits per heavy atom. The average Bonchev–Trinajstić information content (AvgIpc) is 2.89. The third-order valence-electron chi connectivity index (χ3n) is 3.18. The van der Waals surface area contributed by atoms with Crippen LogP contribution in [0.4, 0.5) is 5.13 Å². The molecule has 2 aromatic rings. The number of hydrogen-bond acceptors (Lipinski definition) is 4. The van der Waals surface area contributed by atoms with Gasteiger partial charge in [-0.15, -0.1) is 0 Å². The van der Waals surface area contributed by atoms with Gasteiger partial charge in [0.25, 0.3) is 0 Å². The SMILES string of the molecule is CCCc1nc(N(CC)Cc2ccccc2)sc1C=O. The van der Waals surface area contributed by atoms with Gasteiger partial charge in [0, 0.05) is 13.1 Å². The molecule has 0 saturated carbocycles. The Labute approximate surface area is 124 Å². The molecule has 0 aliphatic heterocycles. The Hall–Kier alpha value is -1.68. The first-order chi connectivity index (χ1) is 9.78. The molecular weight excluding hydrogens is 268 g/mol. The maximum atomic E-state index is 11.1. The lowest BCUT2D eigenvalue weighted by Crippen LogP contribution is -2.21. The maximum Gasteiger partial charge on any atom is 0.186 e. The van der Waals surface area contributed by atoms with Crippen molar-refractivity contribution < 1.29 is 4.79 Å². The largest absolute Gasteiger partial charge is 0.344 e. The van der Waals surface area contributed by atoms with Crippen LogP contribution in [-0.2, 0) is 13.0 Å². The van der Waals surface area contributed by atoms with Crippen molar-refractivity contribution in [3.8, 4) is 0 Å². The number of benzene rings is 1. The minimum absolute atomic E-state index is 0.772. The van der Waals surface area contributed by atoms with E-state index in [1.54, 1.807) is 0 Å². The normalized spacial score (nSPS) is 10.5. The number of nitrogens with zero attached hydrogens (tertiary/aromatic N) is 2. The van der Waals surface area contributed by atoms with Crippen LogP contribution in [0.15, 0.2) is 30.3 Å². The molecule has 0 bridgehead atoms. The van der Waals surface area contributed by atoms with Gasteiger partial charge < -0.3 is 4.90 Å². The Kier molecular flexibility index (Phi) is 5.30. The van der Waals surface area contributed by atoms with Crippen molar-refractivity contribution in [2.75, 3.05) is 11.4 Å². The summed E-state index contributed by atoms with van der Waals surface area (Å²) in [4.78, 5) is 18.8. The summed E-state index contributed by atoms with van der Waals surface area (Å²) in [5, 5.41) is 0.946. The third kappa shape index (κ3) is 3.45. The molecule has 0 fully saturated rings. The van der Waals surface area contributed by atoms with E-state index in [-0.39, 0.29) is 0 Å². The predicted octanol–water partition coefficient (Wildman–Crippen LogP) is 3.93. The van der Waals surface area contributed by atoms with Crippen LogP contribution in [0.1, 0.15) is 41.2 Å². The summed E-state index contributed by atoms with van der Waals surface area (Å²) >= 11 is 1.50. The Morgan fingerprint density at radius 1 is 1.25 bits per heavy atom. The molecular formula is C16H20N2OS. The van der Waals surface area contributed by atoms with Gasteiger partial charge in [-0.3, -0.25) is 4.79 Å². The maximum absolute atomic E-state index is 11.1. The molecule has 0 aliphatic carbocycles. The molecule has 0 atom stereocenters. The summed E-state index contributed by atoms with van der Waals surface area (Å²) in [6.45, 7) is 5.93. The van der Waals surface area contributed by atoms with E-state index in [9.17, 15) is 4.79 Å². The number of hydrogen-bond donors (Lipinski definition) is 0. The van der Waals surface area contributed by atoms with Crippen molar-refractivity contribution in [1.82, 2.24) is 4.98 Å².